The monoisotopic (exact) mass is 413 g/mol. The van der Waals surface area contributed by atoms with Crippen molar-refractivity contribution in [2.75, 3.05) is 12.4 Å². The highest BCUT2D eigenvalue weighted by Gasteiger charge is 2.18. The first-order valence-electron chi connectivity index (χ1n) is 7.87. The van der Waals surface area contributed by atoms with E-state index in [0.29, 0.717) is 22.6 Å². The Kier molecular flexibility index (Phi) is 5.23. The second kappa shape index (κ2) is 7.58. The molecule has 0 bridgehead atoms. The second-order valence-electron chi connectivity index (χ2n) is 5.71. The van der Waals surface area contributed by atoms with Gasteiger partial charge >= 0.3 is 5.97 Å². The molecule has 132 valence electrons. The molecule has 0 heterocycles. The van der Waals surface area contributed by atoms with Crippen LogP contribution in [0.2, 0.25) is 0 Å². The van der Waals surface area contributed by atoms with E-state index in [2.05, 4.69) is 21.2 Å². The van der Waals surface area contributed by atoms with Crippen molar-refractivity contribution < 1.29 is 19.4 Å². The molecule has 0 saturated heterocycles. The van der Waals surface area contributed by atoms with Crippen LogP contribution in [-0.4, -0.2) is 24.1 Å². The summed E-state index contributed by atoms with van der Waals surface area (Å²) >= 11 is 3.52. The van der Waals surface area contributed by atoms with Gasteiger partial charge in [0, 0.05) is 5.69 Å². The van der Waals surface area contributed by atoms with E-state index in [-0.39, 0.29) is 12.3 Å². The smallest absolute Gasteiger partial charge is 0.307 e. The Morgan fingerprint density at radius 1 is 1.12 bits per heavy atom. The molecule has 5 nitrogen and oxygen atoms in total. The SMILES string of the molecule is COc1c(C(=O)Nc2ccc(CC(=O)O)cc2)cc2ccccc2c1Br. The highest BCUT2D eigenvalue weighted by molar-refractivity contribution is 9.10. The lowest BCUT2D eigenvalue weighted by atomic mass is 10.0. The number of hydrogen-bond acceptors (Lipinski definition) is 3. The first-order valence-corrected chi connectivity index (χ1v) is 8.66. The molecule has 0 fully saturated rings. The number of amides is 1. The fraction of sp³-hybridized carbons (Fsp3) is 0.100. The first-order chi connectivity index (χ1) is 12.5. The summed E-state index contributed by atoms with van der Waals surface area (Å²) in [6.07, 6.45) is -0.0559. The lowest BCUT2D eigenvalue weighted by molar-refractivity contribution is -0.136. The Morgan fingerprint density at radius 3 is 2.46 bits per heavy atom. The van der Waals surface area contributed by atoms with Crippen LogP contribution in [0.4, 0.5) is 5.69 Å². The average molecular weight is 414 g/mol. The van der Waals surface area contributed by atoms with Crippen molar-refractivity contribution in [2.45, 2.75) is 6.42 Å². The predicted molar refractivity (Wildman–Crippen MR) is 104 cm³/mol. The lowest BCUT2D eigenvalue weighted by Crippen LogP contribution is -2.13. The number of nitrogens with one attached hydrogen (secondary N) is 1. The fourth-order valence-electron chi connectivity index (χ4n) is 2.73. The van der Waals surface area contributed by atoms with Crippen LogP contribution in [-0.2, 0) is 11.2 Å². The Balaban J connectivity index is 1.91. The summed E-state index contributed by atoms with van der Waals surface area (Å²) < 4.78 is 6.16. The molecule has 3 rings (SSSR count). The number of benzene rings is 3. The summed E-state index contributed by atoms with van der Waals surface area (Å²) in [4.78, 5) is 23.5. The van der Waals surface area contributed by atoms with Crippen LogP contribution in [0.25, 0.3) is 10.8 Å². The maximum atomic E-state index is 12.7. The molecule has 26 heavy (non-hydrogen) atoms. The molecule has 3 aromatic carbocycles. The predicted octanol–water partition coefficient (Wildman–Crippen LogP) is 4.49. The number of halogens is 1. The molecule has 6 heteroatoms. The molecule has 0 unspecified atom stereocenters. The van der Waals surface area contributed by atoms with Crippen LogP contribution >= 0.6 is 15.9 Å². The number of anilines is 1. The topological polar surface area (TPSA) is 75.6 Å². The van der Waals surface area contributed by atoms with E-state index in [4.69, 9.17) is 9.84 Å². The molecule has 2 N–H and O–H groups in total. The minimum absolute atomic E-state index is 0.0559. The molecule has 0 aliphatic heterocycles. The van der Waals surface area contributed by atoms with E-state index in [1.165, 1.54) is 7.11 Å². The lowest BCUT2D eigenvalue weighted by Gasteiger charge is -2.13. The van der Waals surface area contributed by atoms with E-state index < -0.39 is 5.97 Å². The van der Waals surface area contributed by atoms with Crippen LogP contribution in [0.1, 0.15) is 15.9 Å². The average Bonchev–Trinajstić information content (AvgIpc) is 2.63. The fourth-order valence-corrected chi connectivity index (χ4v) is 3.47. The number of carboxylic acids is 1. The normalized spacial score (nSPS) is 10.5. The number of fused-ring (bicyclic) bond motifs is 1. The highest BCUT2D eigenvalue weighted by atomic mass is 79.9. The van der Waals surface area contributed by atoms with Crippen molar-refractivity contribution >= 4 is 44.3 Å². The van der Waals surface area contributed by atoms with Crippen LogP contribution in [0.5, 0.6) is 5.75 Å². The molecule has 1 amide bonds. The van der Waals surface area contributed by atoms with E-state index in [9.17, 15) is 9.59 Å². The summed E-state index contributed by atoms with van der Waals surface area (Å²) in [6.45, 7) is 0. The van der Waals surface area contributed by atoms with Gasteiger partial charge in [-0.05, 0) is 50.5 Å². The zero-order chi connectivity index (χ0) is 18.7. The van der Waals surface area contributed by atoms with E-state index in [1.54, 1.807) is 30.3 Å². The van der Waals surface area contributed by atoms with Gasteiger partial charge in [0.05, 0.1) is 23.6 Å². The summed E-state index contributed by atoms with van der Waals surface area (Å²) in [5.41, 5.74) is 1.66. The minimum Gasteiger partial charge on any atom is -0.495 e. The van der Waals surface area contributed by atoms with Crippen molar-refractivity contribution in [3.63, 3.8) is 0 Å². The van der Waals surface area contributed by atoms with Gasteiger partial charge in [0.1, 0.15) is 5.75 Å². The number of aliphatic carboxylic acids is 1. The number of methoxy groups -OCH3 is 1. The van der Waals surface area contributed by atoms with Crippen molar-refractivity contribution in [3.05, 3.63) is 70.2 Å². The van der Waals surface area contributed by atoms with Crippen LogP contribution in [0.15, 0.2) is 59.1 Å². The third kappa shape index (κ3) is 3.70. The standard InChI is InChI=1S/C20H16BrNO4/c1-26-19-16(11-13-4-2-3-5-15(13)18(19)21)20(25)22-14-8-6-12(7-9-14)10-17(23)24/h2-9,11H,10H2,1H3,(H,22,25)(H,23,24). The van der Waals surface area contributed by atoms with Gasteiger partial charge in [-0.15, -0.1) is 0 Å². The number of carbonyl (C=O) groups is 2. The number of ether oxygens (including phenoxy) is 1. The van der Waals surface area contributed by atoms with Crippen LogP contribution in [0.3, 0.4) is 0 Å². The summed E-state index contributed by atoms with van der Waals surface area (Å²) in [5.74, 6) is -0.740. The molecule has 0 radical (unpaired) electrons. The third-order valence-electron chi connectivity index (χ3n) is 3.96. The zero-order valence-corrected chi connectivity index (χ0v) is 15.5. The van der Waals surface area contributed by atoms with Gasteiger partial charge in [-0.25, -0.2) is 0 Å². The maximum Gasteiger partial charge on any atom is 0.307 e. The van der Waals surface area contributed by atoms with E-state index in [1.807, 2.05) is 24.3 Å². The van der Waals surface area contributed by atoms with Gasteiger partial charge in [0.2, 0.25) is 0 Å². The quantitative estimate of drug-likeness (QED) is 0.645. The third-order valence-corrected chi connectivity index (χ3v) is 4.74. The molecule has 0 aromatic heterocycles. The molecule has 3 aromatic rings. The second-order valence-corrected chi connectivity index (χ2v) is 6.51. The highest BCUT2D eigenvalue weighted by Crippen LogP contribution is 2.36. The number of hydrogen-bond donors (Lipinski definition) is 2. The number of carboxylic acid groups (broad SMARTS) is 1. The Bertz CT molecular complexity index is 983. The van der Waals surface area contributed by atoms with Crippen LogP contribution < -0.4 is 10.1 Å². The molecule has 0 aliphatic rings. The molecule has 0 aliphatic carbocycles. The van der Waals surface area contributed by atoms with Gasteiger partial charge in [-0.1, -0.05) is 36.4 Å². The zero-order valence-electron chi connectivity index (χ0n) is 14.0. The Hall–Kier alpha value is -2.86. The van der Waals surface area contributed by atoms with Gasteiger partial charge < -0.3 is 15.2 Å². The molecule has 0 spiro atoms. The summed E-state index contributed by atoms with van der Waals surface area (Å²) in [5, 5.41) is 13.5. The van der Waals surface area contributed by atoms with Crippen molar-refractivity contribution in [1.29, 1.82) is 0 Å². The van der Waals surface area contributed by atoms with Gasteiger partial charge in [0.25, 0.3) is 5.91 Å². The van der Waals surface area contributed by atoms with Crippen molar-refractivity contribution in [1.82, 2.24) is 0 Å². The van der Waals surface area contributed by atoms with Crippen molar-refractivity contribution in [2.24, 2.45) is 0 Å². The Labute approximate surface area is 158 Å². The van der Waals surface area contributed by atoms with Gasteiger partial charge in [-0.3, -0.25) is 9.59 Å². The summed E-state index contributed by atoms with van der Waals surface area (Å²) in [6, 6.07) is 16.2. The Morgan fingerprint density at radius 2 is 1.81 bits per heavy atom. The number of carbonyl (C=O) groups excluding carboxylic acids is 1. The number of rotatable bonds is 5. The molecular weight excluding hydrogens is 398 g/mol. The first kappa shape index (κ1) is 17.9. The maximum absolute atomic E-state index is 12.7. The molecular formula is C20H16BrNO4. The van der Waals surface area contributed by atoms with Crippen LogP contribution in [0, 0.1) is 0 Å². The van der Waals surface area contributed by atoms with Gasteiger partial charge in [0.15, 0.2) is 0 Å². The molecule has 0 atom stereocenters. The van der Waals surface area contributed by atoms with E-state index in [0.717, 1.165) is 15.2 Å². The van der Waals surface area contributed by atoms with E-state index >= 15 is 0 Å². The largest absolute Gasteiger partial charge is 0.495 e. The van der Waals surface area contributed by atoms with Gasteiger partial charge in [-0.2, -0.15) is 0 Å². The summed E-state index contributed by atoms with van der Waals surface area (Å²) in [7, 11) is 1.52. The molecule has 0 saturated carbocycles. The minimum atomic E-state index is -0.896. The van der Waals surface area contributed by atoms with Crippen molar-refractivity contribution in [3.8, 4) is 5.75 Å².